The number of ether oxygens (including phenoxy) is 4. The SMILES string of the molecule is CCCCOC(=O)C(O)C(O)C(=O)OCCCC.CCOC(=O)C(O)C(O)C(=O)OCC. The number of hydrogen-bond donors (Lipinski definition) is 4. The average molecular weight is 468 g/mol. The molecule has 0 rings (SSSR count). The van der Waals surface area contributed by atoms with E-state index in [1.165, 1.54) is 0 Å². The molecule has 0 saturated heterocycles. The van der Waals surface area contributed by atoms with Gasteiger partial charge in [0.15, 0.2) is 24.4 Å². The van der Waals surface area contributed by atoms with E-state index in [0.29, 0.717) is 12.8 Å². The maximum atomic E-state index is 11.3. The summed E-state index contributed by atoms with van der Waals surface area (Å²) in [5.41, 5.74) is 0. The third-order valence-corrected chi connectivity index (χ3v) is 3.62. The molecular weight excluding hydrogens is 432 g/mol. The van der Waals surface area contributed by atoms with E-state index in [1.54, 1.807) is 13.8 Å². The van der Waals surface area contributed by atoms with E-state index >= 15 is 0 Å². The normalized spacial score (nSPS) is 14.0. The van der Waals surface area contributed by atoms with E-state index in [9.17, 15) is 29.4 Å². The summed E-state index contributed by atoms with van der Waals surface area (Å²) in [5.74, 6) is -4.12. The molecule has 0 aromatic rings. The average Bonchev–Trinajstić information content (AvgIpc) is 2.77. The summed E-state index contributed by atoms with van der Waals surface area (Å²) in [5, 5.41) is 37.0. The zero-order chi connectivity index (χ0) is 25.1. The Morgan fingerprint density at radius 1 is 0.531 bits per heavy atom. The monoisotopic (exact) mass is 468 g/mol. The second-order valence-electron chi connectivity index (χ2n) is 6.33. The number of carbonyl (C=O) groups excluding carboxylic acids is 4. The maximum absolute atomic E-state index is 11.3. The molecule has 0 bridgehead atoms. The van der Waals surface area contributed by atoms with Gasteiger partial charge in [-0.3, -0.25) is 0 Å². The molecule has 4 atom stereocenters. The van der Waals surface area contributed by atoms with Crippen LogP contribution in [0.25, 0.3) is 0 Å². The molecule has 0 fully saturated rings. The third-order valence-electron chi connectivity index (χ3n) is 3.62. The van der Waals surface area contributed by atoms with Crippen LogP contribution in [-0.2, 0) is 38.1 Å². The van der Waals surface area contributed by atoms with Crippen molar-refractivity contribution in [3.63, 3.8) is 0 Å². The molecule has 0 aliphatic carbocycles. The lowest BCUT2D eigenvalue weighted by molar-refractivity contribution is -0.173. The van der Waals surface area contributed by atoms with Crippen molar-refractivity contribution in [3.05, 3.63) is 0 Å². The molecule has 0 saturated carbocycles. The quantitative estimate of drug-likeness (QED) is 0.142. The van der Waals surface area contributed by atoms with Gasteiger partial charge >= 0.3 is 23.9 Å². The van der Waals surface area contributed by atoms with Crippen LogP contribution < -0.4 is 0 Å². The largest absolute Gasteiger partial charge is 0.464 e. The maximum Gasteiger partial charge on any atom is 0.338 e. The number of aliphatic hydroxyl groups excluding tert-OH is 4. The predicted octanol–water partition coefficient (Wildman–Crippen LogP) is -0.771. The van der Waals surface area contributed by atoms with Crippen LogP contribution in [0.5, 0.6) is 0 Å². The Morgan fingerprint density at radius 3 is 1.00 bits per heavy atom. The van der Waals surface area contributed by atoms with Crippen LogP contribution in [0.3, 0.4) is 0 Å². The topological polar surface area (TPSA) is 186 Å². The van der Waals surface area contributed by atoms with Crippen LogP contribution in [0.15, 0.2) is 0 Å². The van der Waals surface area contributed by atoms with Gasteiger partial charge in [-0.2, -0.15) is 0 Å². The Hall–Kier alpha value is -2.28. The van der Waals surface area contributed by atoms with Crippen molar-refractivity contribution in [2.75, 3.05) is 26.4 Å². The second-order valence-corrected chi connectivity index (χ2v) is 6.33. The van der Waals surface area contributed by atoms with Crippen molar-refractivity contribution < 1.29 is 58.6 Å². The first-order valence-electron chi connectivity index (χ1n) is 10.5. The van der Waals surface area contributed by atoms with Gasteiger partial charge in [-0.15, -0.1) is 0 Å². The van der Waals surface area contributed by atoms with Gasteiger partial charge in [0, 0.05) is 0 Å². The molecule has 0 aliphatic heterocycles. The molecule has 0 aliphatic rings. The molecule has 0 aromatic heterocycles. The van der Waals surface area contributed by atoms with Gasteiger partial charge in [-0.25, -0.2) is 19.2 Å². The Bertz CT molecular complexity index is 503. The summed E-state index contributed by atoms with van der Waals surface area (Å²) >= 11 is 0. The number of carbonyl (C=O) groups is 4. The summed E-state index contributed by atoms with van der Waals surface area (Å²) in [4.78, 5) is 44.2. The predicted molar refractivity (Wildman–Crippen MR) is 109 cm³/mol. The molecular formula is C20H36O12. The minimum Gasteiger partial charge on any atom is -0.464 e. The van der Waals surface area contributed by atoms with E-state index < -0.39 is 48.3 Å². The number of esters is 4. The summed E-state index contributed by atoms with van der Waals surface area (Å²) in [6.07, 6.45) is -4.57. The van der Waals surface area contributed by atoms with E-state index in [0.717, 1.165) is 12.8 Å². The van der Waals surface area contributed by atoms with Gasteiger partial charge in [0.1, 0.15) is 0 Å². The molecule has 12 nitrogen and oxygen atoms in total. The summed E-state index contributed by atoms with van der Waals surface area (Å²) in [6.45, 7) is 7.36. The number of hydrogen-bond acceptors (Lipinski definition) is 12. The van der Waals surface area contributed by atoms with E-state index in [4.69, 9.17) is 10.2 Å². The standard InChI is InChI=1S/C12H22O6.C8H14O6/c1-3-5-7-17-11(15)9(13)10(14)12(16)18-8-6-4-2;1-3-13-7(11)5(9)6(10)8(12)14-4-2/h9-10,13-14H,3-8H2,1-2H3;5-6,9-10H,3-4H2,1-2H3. The minimum atomic E-state index is -1.89. The highest BCUT2D eigenvalue weighted by Gasteiger charge is 2.33. The lowest BCUT2D eigenvalue weighted by atomic mass is 10.2. The highest BCUT2D eigenvalue weighted by atomic mass is 16.6. The van der Waals surface area contributed by atoms with Gasteiger partial charge in [-0.05, 0) is 26.7 Å². The van der Waals surface area contributed by atoms with Crippen molar-refractivity contribution >= 4 is 23.9 Å². The fraction of sp³-hybridized carbons (Fsp3) is 0.800. The first-order valence-corrected chi connectivity index (χ1v) is 10.5. The third kappa shape index (κ3) is 13.9. The van der Waals surface area contributed by atoms with Crippen LogP contribution >= 0.6 is 0 Å². The summed E-state index contributed by atoms with van der Waals surface area (Å²) in [7, 11) is 0. The summed E-state index contributed by atoms with van der Waals surface area (Å²) < 4.78 is 18.2. The highest BCUT2D eigenvalue weighted by Crippen LogP contribution is 2.02. The van der Waals surface area contributed by atoms with Crippen LogP contribution in [0.2, 0.25) is 0 Å². The first kappa shape index (κ1) is 31.9. The van der Waals surface area contributed by atoms with Gasteiger partial charge in [0.25, 0.3) is 0 Å². The van der Waals surface area contributed by atoms with Crippen LogP contribution in [0, 0.1) is 0 Å². The first-order chi connectivity index (χ1) is 15.1. The van der Waals surface area contributed by atoms with Crippen molar-refractivity contribution in [2.24, 2.45) is 0 Å². The lowest BCUT2D eigenvalue weighted by Gasteiger charge is -2.15. The Balaban J connectivity index is 0. The van der Waals surface area contributed by atoms with Crippen molar-refractivity contribution in [2.45, 2.75) is 77.8 Å². The van der Waals surface area contributed by atoms with E-state index in [-0.39, 0.29) is 26.4 Å². The number of unbranched alkanes of at least 4 members (excludes halogenated alkanes) is 2. The number of aliphatic hydroxyl groups is 4. The molecule has 4 unspecified atom stereocenters. The van der Waals surface area contributed by atoms with E-state index in [1.807, 2.05) is 13.8 Å². The van der Waals surface area contributed by atoms with Crippen LogP contribution in [0.1, 0.15) is 53.4 Å². The molecule has 12 heteroatoms. The van der Waals surface area contributed by atoms with Crippen LogP contribution in [-0.4, -0.2) is 95.1 Å². The fourth-order valence-corrected chi connectivity index (χ4v) is 1.78. The molecule has 4 N–H and O–H groups in total. The second kappa shape index (κ2) is 19.4. The minimum absolute atomic E-state index is 0.0610. The highest BCUT2D eigenvalue weighted by molar-refractivity contribution is 5.85. The van der Waals surface area contributed by atoms with Crippen molar-refractivity contribution in [1.29, 1.82) is 0 Å². The molecule has 0 heterocycles. The van der Waals surface area contributed by atoms with Crippen molar-refractivity contribution in [1.82, 2.24) is 0 Å². The Morgan fingerprint density at radius 2 is 0.781 bits per heavy atom. The lowest BCUT2D eigenvalue weighted by Crippen LogP contribution is -2.41. The smallest absolute Gasteiger partial charge is 0.338 e. The molecule has 0 amide bonds. The summed E-state index contributed by atoms with van der Waals surface area (Å²) in [6, 6.07) is 0. The van der Waals surface area contributed by atoms with Crippen LogP contribution in [0.4, 0.5) is 0 Å². The van der Waals surface area contributed by atoms with E-state index in [2.05, 4.69) is 18.9 Å². The van der Waals surface area contributed by atoms with Crippen molar-refractivity contribution in [3.8, 4) is 0 Å². The van der Waals surface area contributed by atoms with Gasteiger partial charge in [0.05, 0.1) is 26.4 Å². The molecule has 0 aromatic carbocycles. The zero-order valence-electron chi connectivity index (χ0n) is 19.0. The molecule has 188 valence electrons. The molecule has 32 heavy (non-hydrogen) atoms. The number of rotatable bonds is 14. The van der Waals surface area contributed by atoms with Gasteiger partial charge in [-0.1, -0.05) is 26.7 Å². The zero-order valence-corrected chi connectivity index (χ0v) is 19.0. The Kier molecular flexibility index (Phi) is 19.3. The fourth-order valence-electron chi connectivity index (χ4n) is 1.78. The Labute approximate surface area is 187 Å². The molecule has 0 radical (unpaired) electrons. The van der Waals surface area contributed by atoms with Gasteiger partial charge in [0.2, 0.25) is 0 Å². The van der Waals surface area contributed by atoms with Gasteiger partial charge < -0.3 is 39.4 Å². The molecule has 0 spiro atoms.